The summed E-state index contributed by atoms with van der Waals surface area (Å²) in [6.07, 6.45) is 0. The molecule has 0 fully saturated rings. The first-order chi connectivity index (χ1) is 6.18. The molecule has 0 radical (unpaired) electrons. The molecule has 84 valence electrons. The van der Waals surface area contributed by atoms with Crippen molar-refractivity contribution in [2.24, 2.45) is 13.8 Å². The standard InChI is InChI=1S/C4H10F4N3P3/c1-4(2)12-10-14(7,8)11-13(5,6)9-3/h4H,1-3H3. The summed E-state index contributed by atoms with van der Waals surface area (Å²) < 4.78 is 57.9. The Morgan fingerprint density at radius 3 is 1.93 bits per heavy atom. The van der Waals surface area contributed by atoms with Crippen molar-refractivity contribution >= 4 is 24.0 Å². The molecule has 0 saturated heterocycles. The predicted octanol–water partition coefficient (Wildman–Crippen LogP) is 5.92. The van der Waals surface area contributed by atoms with Crippen LogP contribution in [0.15, 0.2) is 13.8 Å². The van der Waals surface area contributed by atoms with Gasteiger partial charge in [0.05, 0.1) is 0 Å². The minimum absolute atomic E-state index is 0.0818. The van der Waals surface area contributed by atoms with E-state index in [0.717, 1.165) is 7.05 Å². The molecule has 0 heterocycles. The second kappa shape index (κ2) is 5.39. The molecule has 0 aromatic heterocycles. The van der Waals surface area contributed by atoms with Gasteiger partial charge in [-0.1, -0.05) is 13.8 Å². The van der Waals surface area contributed by atoms with Crippen molar-refractivity contribution < 1.29 is 16.8 Å². The molecule has 0 amide bonds. The lowest BCUT2D eigenvalue weighted by atomic mass is 10.6. The molecule has 0 aliphatic carbocycles. The smallest absolute Gasteiger partial charge is 0.230 e. The summed E-state index contributed by atoms with van der Waals surface area (Å²) in [7, 11) is -9.49. The molecule has 0 spiro atoms. The summed E-state index contributed by atoms with van der Waals surface area (Å²) >= 11 is 0. The van der Waals surface area contributed by atoms with E-state index < -0.39 is 15.7 Å². The summed E-state index contributed by atoms with van der Waals surface area (Å²) in [5.74, 6) is 0. The van der Waals surface area contributed by atoms with Crippen LogP contribution in [0.4, 0.5) is 16.8 Å². The molecule has 0 atom stereocenters. The fourth-order valence-electron chi connectivity index (χ4n) is 0.353. The van der Waals surface area contributed by atoms with Gasteiger partial charge in [0.15, 0.2) is 0 Å². The van der Waals surface area contributed by atoms with Gasteiger partial charge >= 0.3 is 15.7 Å². The van der Waals surface area contributed by atoms with Gasteiger partial charge in [0, 0.05) is 21.1 Å². The molecule has 14 heavy (non-hydrogen) atoms. The Morgan fingerprint density at radius 1 is 1.07 bits per heavy atom. The normalized spacial score (nSPS) is 13.7. The van der Waals surface area contributed by atoms with Gasteiger partial charge in [-0.15, -0.1) is 21.3 Å². The number of hydrogen-bond donors (Lipinski definition) is 0. The topological polar surface area (TPSA) is 37.1 Å². The summed E-state index contributed by atoms with van der Waals surface area (Å²) in [6.45, 7) is 3.31. The number of rotatable bonds is 3. The maximum absolute atomic E-state index is 12.7. The summed E-state index contributed by atoms with van der Waals surface area (Å²) in [4.78, 5) is 0. The highest BCUT2D eigenvalue weighted by Gasteiger charge is 2.25. The Kier molecular flexibility index (Phi) is 5.50. The minimum Gasteiger partial charge on any atom is -0.230 e. The first-order valence-electron chi connectivity index (χ1n) is 3.54. The molecule has 0 rings (SSSR count). The molecule has 0 aliphatic heterocycles. The van der Waals surface area contributed by atoms with E-state index in [4.69, 9.17) is 0 Å². The lowest BCUT2D eigenvalue weighted by Gasteiger charge is -2.00. The molecular formula is C4H10F4N3P3. The third-order valence-corrected chi connectivity index (χ3v) is 4.78. The highest BCUT2D eigenvalue weighted by atomic mass is 31.3. The van der Waals surface area contributed by atoms with Crippen LogP contribution in [0.1, 0.15) is 13.8 Å². The Bertz CT molecular complexity index is 314. The van der Waals surface area contributed by atoms with E-state index in [9.17, 15) is 16.8 Å². The van der Waals surface area contributed by atoms with Crippen LogP contribution >= 0.6 is 24.0 Å². The van der Waals surface area contributed by atoms with Gasteiger partial charge in [0.1, 0.15) is 0 Å². The lowest BCUT2D eigenvalue weighted by molar-refractivity contribution is 0.701. The zero-order valence-corrected chi connectivity index (χ0v) is 10.5. The highest BCUT2D eigenvalue weighted by molar-refractivity contribution is 7.67. The quantitative estimate of drug-likeness (QED) is 0.450. The van der Waals surface area contributed by atoms with E-state index in [1.54, 1.807) is 13.8 Å². The molecule has 0 saturated carbocycles. The molecule has 10 heteroatoms. The van der Waals surface area contributed by atoms with E-state index in [1.165, 1.54) is 0 Å². The Balaban J connectivity index is 4.97. The van der Waals surface area contributed by atoms with Crippen LogP contribution < -0.4 is 0 Å². The van der Waals surface area contributed by atoms with Crippen molar-refractivity contribution in [3.8, 4) is 0 Å². The van der Waals surface area contributed by atoms with Crippen LogP contribution in [0.2, 0.25) is 0 Å². The van der Waals surface area contributed by atoms with Crippen molar-refractivity contribution in [3.63, 3.8) is 0 Å². The number of nitrogens with zero attached hydrogens (tertiary/aromatic N) is 3. The second-order valence-electron chi connectivity index (χ2n) is 2.50. The molecular weight excluding hydrogens is 259 g/mol. The van der Waals surface area contributed by atoms with Crippen LogP contribution in [0.25, 0.3) is 0 Å². The third kappa shape index (κ3) is 6.69. The van der Waals surface area contributed by atoms with Gasteiger partial charge < -0.3 is 0 Å². The molecule has 3 nitrogen and oxygen atoms in total. The van der Waals surface area contributed by atoms with Crippen molar-refractivity contribution in [1.82, 2.24) is 0 Å². The maximum atomic E-state index is 12.7. The SMILES string of the molecule is CN=P(F)(F)N=P(F)(F)N=PC(C)C. The lowest BCUT2D eigenvalue weighted by Crippen LogP contribution is -1.73. The zero-order chi connectivity index (χ0) is 11.4. The van der Waals surface area contributed by atoms with Crippen LogP contribution in [0.5, 0.6) is 0 Å². The minimum atomic E-state index is -5.19. The fourth-order valence-corrected chi connectivity index (χ4v) is 3.50. The Hall–Kier alpha value is 0.280. The van der Waals surface area contributed by atoms with E-state index in [-0.39, 0.29) is 14.0 Å². The summed E-state index contributed by atoms with van der Waals surface area (Å²) in [5.41, 5.74) is -0.124. The zero-order valence-electron chi connectivity index (χ0n) is 7.77. The predicted molar refractivity (Wildman–Crippen MR) is 53.5 cm³/mol. The number of hydrogen-bond acceptors (Lipinski definition) is 1. The molecule has 0 N–H and O–H groups in total. The van der Waals surface area contributed by atoms with E-state index >= 15 is 0 Å². The average molecular weight is 269 g/mol. The van der Waals surface area contributed by atoms with Crippen molar-refractivity contribution in [3.05, 3.63) is 0 Å². The van der Waals surface area contributed by atoms with Crippen molar-refractivity contribution in [2.45, 2.75) is 19.5 Å². The molecule has 0 unspecified atom stereocenters. The van der Waals surface area contributed by atoms with Crippen molar-refractivity contribution in [1.29, 1.82) is 0 Å². The first kappa shape index (κ1) is 14.3. The maximum Gasteiger partial charge on any atom is 0.424 e. The molecule has 0 bridgehead atoms. The van der Waals surface area contributed by atoms with Crippen molar-refractivity contribution in [2.75, 3.05) is 7.05 Å². The van der Waals surface area contributed by atoms with Gasteiger partial charge in [0.2, 0.25) is 0 Å². The van der Waals surface area contributed by atoms with Gasteiger partial charge in [0.25, 0.3) is 0 Å². The number of halogens is 4. The van der Waals surface area contributed by atoms with E-state index in [0.29, 0.717) is 0 Å². The fraction of sp³-hybridized carbons (Fsp3) is 1.00. The van der Waals surface area contributed by atoms with Gasteiger partial charge in [-0.3, -0.25) is 0 Å². The third-order valence-electron chi connectivity index (χ3n) is 0.846. The first-order valence-corrected chi connectivity index (χ1v) is 7.40. The molecule has 0 aromatic carbocycles. The monoisotopic (exact) mass is 269 g/mol. The van der Waals surface area contributed by atoms with Gasteiger partial charge in [-0.2, -0.15) is 4.52 Å². The van der Waals surface area contributed by atoms with Gasteiger partial charge in [-0.25, -0.2) is 4.74 Å². The molecule has 0 aromatic rings. The molecule has 0 aliphatic rings. The van der Waals surface area contributed by atoms with Crippen LogP contribution in [0.3, 0.4) is 0 Å². The van der Waals surface area contributed by atoms with Gasteiger partial charge in [-0.05, 0) is 0 Å². The summed E-state index contributed by atoms with van der Waals surface area (Å²) in [6, 6.07) is 0. The Morgan fingerprint density at radius 2 is 1.57 bits per heavy atom. The van der Waals surface area contributed by atoms with Crippen LogP contribution in [-0.4, -0.2) is 12.7 Å². The second-order valence-corrected chi connectivity index (χ2v) is 7.42. The average Bonchev–Trinajstić information content (AvgIpc) is 1.99. The Labute approximate surface area is 81.9 Å². The van der Waals surface area contributed by atoms with E-state index in [1.807, 2.05) is 0 Å². The highest BCUT2D eigenvalue weighted by Crippen LogP contribution is 2.69. The van der Waals surface area contributed by atoms with Crippen LogP contribution in [0, 0.1) is 0 Å². The summed E-state index contributed by atoms with van der Waals surface area (Å²) in [5, 5.41) is 0. The largest absolute Gasteiger partial charge is 0.424 e. The van der Waals surface area contributed by atoms with Crippen LogP contribution in [-0.2, 0) is 0 Å². The van der Waals surface area contributed by atoms with E-state index in [2.05, 4.69) is 13.8 Å².